The Kier molecular flexibility index (Phi) is 6.32. The second-order valence-electron chi connectivity index (χ2n) is 5.47. The van der Waals surface area contributed by atoms with E-state index < -0.39 is 0 Å². The van der Waals surface area contributed by atoms with E-state index in [1.54, 1.807) is 25.1 Å². The van der Waals surface area contributed by atoms with Gasteiger partial charge in [0, 0.05) is 5.56 Å². The van der Waals surface area contributed by atoms with E-state index in [0.717, 1.165) is 24.0 Å². The van der Waals surface area contributed by atoms with Crippen LogP contribution in [0.2, 0.25) is 0 Å². The second kappa shape index (κ2) is 8.67. The quantitative estimate of drug-likeness (QED) is 0.470. The Morgan fingerprint density at radius 3 is 2.17 bits per heavy atom. The standard InChI is InChI=1S/C20H22N2O2/c1-3-5-15-6-8-16(9-7-15)17-10-12-18(13-11-17)20(23)22-19(4-2)14-21-24/h4,6-14,24H,3,5H2,1-2H3,(H,22,23). The first kappa shape index (κ1) is 17.5. The van der Waals surface area contributed by atoms with Crippen LogP contribution in [0.15, 0.2) is 65.5 Å². The molecule has 2 rings (SSSR count). The molecule has 0 spiro atoms. The molecule has 2 aromatic rings. The zero-order chi connectivity index (χ0) is 17.4. The molecule has 4 heteroatoms. The molecule has 0 aliphatic rings. The highest BCUT2D eigenvalue weighted by atomic mass is 16.4. The molecule has 0 atom stereocenters. The van der Waals surface area contributed by atoms with Gasteiger partial charge >= 0.3 is 0 Å². The summed E-state index contributed by atoms with van der Waals surface area (Å²) in [5.41, 5.74) is 4.52. The molecule has 2 N–H and O–H groups in total. The van der Waals surface area contributed by atoms with Crippen LogP contribution in [0.5, 0.6) is 0 Å². The number of aryl methyl sites for hydroxylation is 1. The minimum Gasteiger partial charge on any atom is -0.411 e. The van der Waals surface area contributed by atoms with Crippen LogP contribution in [0.3, 0.4) is 0 Å². The summed E-state index contributed by atoms with van der Waals surface area (Å²) in [6, 6.07) is 15.9. The highest BCUT2D eigenvalue weighted by molar-refractivity contribution is 5.99. The van der Waals surface area contributed by atoms with Crippen molar-refractivity contribution in [2.75, 3.05) is 0 Å². The third kappa shape index (κ3) is 4.56. The molecule has 2 aromatic carbocycles. The summed E-state index contributed by atoms with van der Waals surface area (Å²) in [5, 5.41) is 14.1. The predicted octanol–water partition coefficient (Wildman–Crippen LogP) is 4.40. The Balaban J connectivity index is 2.11. The van der Waals surface area contributed by atoms with Crippen molar-refractivity contribution < 1.29 is 10.0 Å². The smallest absolute Gasteiger partial charge is 0.255 e. The number of oxime groups is 1. The summed E-state index contributed by atoms with van der Waals surface area (Å²) < 4.78 is 0. The van der Waals surface area contributed by atoms with Gasteiger partial charge in [-0.3, -0.25) is 4.79 Å². The highest BCUT2D eigenvalue weighted by Gasteiger charge is 2.07. The summed E-state index contributed by atoms with van der Waals surface area (Å²) in [7, 11) is 0. The number of carbonyl (C=O) groups excluding carboxylic acids is 1. The minimum absolute atomic E-state index is 0.243. The molecule has 24 heavy (non-hydrogen) atoms. The maximum atomic E-state index is 12.2. The van der Waals surface area contributed by atoms with Crippen LogP contribution in [-0.4, -0.2) is 17.3 Å². The first-order chi connectivity index (χ1) is 11.7. The van der Waals surface area contributed by atoms with E-state index in [2.05, 4.69) is 41.7 Å². The van der Waals surface area contributed by atoms with Gasteiger partial charge in [-0.25, -0.2) is 0 Å². The van der Waals surface area contributed by atoms with Crippen LogP contribution < -0.4 is 5.32 Å². The lowest BCUT2D eigenvalue weighted by atomic mass is 10.0. The van der Waals surface area contributed by atoms with Crippen molar-refractivity contribution in [1.82, 2.24) is 5.32 Å². The van der Waals surface area contributed by atoms with E-state index in [-0.39, 0.29) is 5.91 Å². The Morgan fingerprint density at radius 1 is 1.08 bits per heavy atom. The van der Waals surface area contributed by atoms with E-state index in [1.165, 1.54) is 11.8 Å². The molecule has 0 unspecified atom stereocenters. The first-order valence-corrected chi connectivity index (χ1v) is 8.02. The van der Waals surface area contributed by atoms with E-state index in [0.29, 0.717) is 11.3 Å². The molecule has 0 saturated carbocycles. The van der Waals surface area contributed by atoms with Crippen LogP contribution in [-0.2, 0) is 6.42 Å². The number of hydrogen-bond donors (Lipinski definition) is 2. The lowest BCUT2D eigenvalue weighted by molar-refractivity contribution is 0.0968. The number of allylic oxidation sites excluding steroid dienone is 2. The SMILES string of the molecule is CC=C(C=NO)NC(=O)c1ccc(-c2ccc(CCC)cc2)cc1. The second-order valence-corrected chi connectivity index (χ2v) is 5.47. The van der Waals surface area contributed by atoms with Gasteiger partial charge in [-0.2, -0.15) is 0 Å². The molecule has 0 aliphatic carbocycles. The molecule has 124 valence electrons. The third-order valence-corrected chi connectivity index (χ3v) is 3.74. The van der Waals surface area contributed by atoms with Crippen LogP contribution in [0.4, 0.5) is 0 Å². The van der Waals surface area contributed by atoms with Crippen molar-refractivity contribution in [3.05, 3.63) is 71.4 Å². The number of carbonyl (C=O) groups is 1. The topological polar surface area (TPSA) is 61.7 Å². The van der Waals surface area contributed by atoms with Crippen molar-refractivity contribution in [2.45, 2.75) is 26.7 Å². The van der Waals surface area contributed by atoms with Crippen LogP contribution >= 0.6 is 0 Å². The summed E-state index contributed by atoms with van der Waals surface area (Å²) in [4.78, 5) is 12.2. The Labute approximate surface area is 142 Å². The summed E-state index contributed by atoms with van der Waals surface area (Å²) in [6.07, 6.45) is 5.07. The molecule has 0 fully saturated rings. The van der Waals surface area contributed by atoms with Gasteiger partial charge in [0.15, 0.2) is 0 Å². The number of nitrogens with one attached hydrogen (secondary N) is 1. The number of nitrogens with zero attached hydrogens (tertiary/aromatic N) is 1. The summed E-state index contributed by atoms with van der Waals surface area (Å²) in [5.74, 6) is -0.243. The molecule has 0 saturated heterocycles. The number of amides is 1. The molecule has 1 amide bonds. The van der Waals surface area contributed by atoms with E-state index >= 15 is 0 Å². The van der Waals surface area contributed by atoms with Crippen molar-refractivity contribution >= 4 is 12.1 Å². The maximum Gasteiger partial charge on any atom is 0.255 e. The molecule has 0 radical (unpaired) electrons. The monoisotopic (exact) mass is 322 g/mol. The van der Waals surface area contributed by atoms with Crippen LogP contribution in [0.25, 0.3) is 11.1 Å². The van der Waals surface area contributed by atoms with E-state index in [4.69, 9.17) is 5.21 Å². The van der Waals surface area contributed by atoms with E-state index in [1.807, 2.05) is 12.1 Å². The molecule has 0 aliphatic heterocycles. The molecule has 0 heterocycles. The zero-order valence-electron chi connectivity index (χ0n) is 14.0. The minimum atomic E-state index is -0.243. The lowest BCUT2D eigenvalue weighted by Gasteiger charge is -2.07. The van der Waals surface area contributed by atoms with E-state index in [9.17, 15) is 4.79 Å². The van der Waals surface area contributed by atoms with Crippen molar-refractivity contribution in [2.24, 2.45) is 5.16 Å². The Morgan fingerprint density at radius 2 is 1.67 bits per heavy atom. The van der Waals surface area contributed by atoms with Gasteiger partial charge in [0.1, 0.15) is 0 Å². The third-order valence-electron chi connectivity index (χ3n) is 3.74. The number of benzene rings is 2. The van der Waals surface area contributed by atoms with Gasteiger partial charge in [-0.15, -0.1) is 0 Å². The molecular weight excluding hydrogens is 300 g/mol. The van der Waals surface area contributed by atoms with Gasteiger partial charge in [-0.1, -0.05) is 61.0 Å². The van der Waals surface area contributed by atoms with Gasteiger partial charge in [0.25, 0.3) is 5.91 Å². The van der Waals surface area contributed by atoms with Crippen molar-refractivity contribution in [1.29, 1.82) is 0 Å². The van der Waals surface area contributed by atoms with Gasteiger partial charge in [-0.05, 0) is 42.2 Å². The average molecular weight is 322 g/mol. The fourth-order valence-corrected chi connectivity index (χ4v) is 2.41. The number of hydrogen-bond acceptors (Lipinski definition) is 3. The fourth-order valence-electron chi connectivity index (χ4n) is 2.41. The molecule has 0 aromatic heterocycles. The highest BCUT2D eigenvalue weighted by Crippen LogP contribution is 2.21. The first-order valence-electron chi connectivity index (χ1n) is 8.02. The van der Waals surface area contributed by atoms with Crippen LogP contribution in [0.1, 0.15) is 36.2 Å². The largest absolute Gasteiger partial charge is 0.411 e. The maximum absolute atomic E-state index is 12.2. The normalized spacial score (nSPS) is 11.7. The summed E-state index contributed by atoms with van der Waals surface area (Å²) in [6.45, 7) is 3.92. The van der Waals surface area contributed by atoms with Crippen molar-refractivity contribution in [3.63, 3.8) is 0 Å². The van der Waals surface area contributed by atoms with Crippen molar-refractivity contribution in [3.8, 4) is 11.1 Å². The zero-order valence-corrected chi connectivity index (χ0v) is 14.0. The average Bonchev–Trinajstić information content (AvgIpc) is 2.62. The van der Waals surface area contributed by atoms with Gasteiger partial charge in [0.2, 0.25) is 0 Å². The molecular formula is C20H22N2O2. The summed E-state index contributed by atoms with van der Waals surface area (Å²) >= 11 is 0. The van der Waals surface area contributed by atoms with Gasteiger partial charge < -0.3 is 10.5 Å². The van der Waals surface area contributed by atoms with Crippen LogP contribution in [0, 0.1) is 0 Å². The Hall–Kier alpha value is -2.88. The molecule has 4 nitrogen and oxygen atoms in total. The van der Waals surface area contributed by atoms with Gasteiger partial charge in [0.05, 0.1) is 11.9 Å². The Bertz CT molecular complexity index is 729. The lowest BCUT2D eigenvalue weighted by Crippen LogP contribution is -2.23. The predicted molar refractivity (Wildman–Crippen MR) is 97.4 cm³/mol. The fraction of sp³-hybridized carbons (Fsp3) is 0.200. The number of rotatable bonds is 6. The molecule has 0 bridgehead atoms.